The lowest BCUT2D eigenvalue weighted by Crippen LogP contribution is -2.38. The first-order valence-corrected chi connectivity index (χ1v) is 9.24. The Balaban J connectivity index is 1.40. The summed E-state index contributed by atoms with van der Waals surface area (Å²) in [5.74, 6) is 0.282. The van der Waals surface area contributed by atoms with E-state index in [1.165, 1.54) is 14.0 Å². The highest BCUT2D eigenvalue weighted by molar-refractivity contribution is 5.96. The van der Waals surface area contributed by atoms with Crippen LogP contribution in [0.4, 0.5) is 0 Å². The number of hydrogen-bond acceptors (Lipinski definition) is 7. The minimum absolute atomic E-state index is 0.174. The summed E-state index contributed by atoms with van der Waals surface area (Å²) in [6, 6.07) is 11.8. The van der Waals surface area contributed by atoms with Gasteiger partial charge in [-0.3, -0.25) is 14.4 Å². The third-order valence-corrected chi connectivity index (χ3v) is 4.33. The number of carbonyl (C=O) groups excluding carboxylic acids is 3. The Morgan fingerprint density at radius 3 is 2.50 bits per heavy atom. The Hall–Kier alpha value is -3.75. The van der Waals surface area contributed by atoms with Gasteiger partial charge in [-0.05, 0) is 48.9 Å². The third-order valence-electron chi connectivity index (χ3n) is 4.33. The monoisotopic (exact) mass is 414 g/mol. The Morgan fingerprint density at radius 1 is 1.03 bits per heavy atom. The van der Waals surface area contributed by atoms with Crippen molar-refractivity contribution < 1.29 is 33.3 Å². The molecule has 3 rings (SSSR count). The van der Waals surface area contributed by atoms with E-state index in [4.69, 9.17) is 18.9 Å². The molecule has 0 aliphatic carbocycles. The van der Waals surface area contributed by atoms with Crippen LogP contribution in [0.15, 0.2) is 42.5 Å². The lowest BCUT2D eigenvalue weighted by Gasteiger charge is -2.14. The van der Waals surface area contributed by atoms with Crippen molar-refractivity contribution in [3.63, 3.8) is 0 Å². The van der Waals surface area contributed by atoms with Crippen LogP contribution >= 0.6 is 0 Å². The van der Waals surface area contributed by atoms with Crippen LogP contribution in [0.25, 0.3) is 0 Å². The second-order valence-electron chi connectivity index (χ2n) is 6.45. The number of fused-ring (bicyclic) bond motifs is 1. The number of rotatable bonds is 8. The summed E-state index contributed by atoms with van der Waals surface area (Å²) >= 11 is 0. The summed E-state index contributed by atoms with van der Waals surface area (Å²) in [6.07, 6.45) is -1.01. The Labute approximate surface area is 173 Å². The largest absolute Gasteiger partial charge is 0.497 e. The van der Waals surface area contributed by atoms with E-state index in [2.05, 4.69) is 10.6 Å². The summed E-state index contributed by atoms with van der Waals surface area (Å²) in [4.78, 5) is 36.1. The summed E-state index contributed by atoms with van der Waals surface area (Å²) in [6.45, 7) is 1.52. The SMILES string of the molecule is COc1ccc(C(=O)NCC(=O)O[C@@H](C)C(=O)NCc2ccc3c(c2)OCO3)cc1. The minimum Gasteiger partial charge on any atom is -0.497 e. The van der Waals surface area contributed by atoms with E-state index in [9.17, 15) is 14.4 Å². The molecule has 0 spiro atoms. The first-order chi connectivity index (χ1) is 14.5. The highest BCUT2D eigenvalue weighted by atomic mass is 16.7. The maximum Gasteiger partial charge on any atom is 0.326 e. The van der Waals surface area contributed by atoms with Crippen molar-refractivity contribution in [3.05, 3.63) is 53.6 Å². The highest BCUT2D eigenvalue weighted by Gasteiger charge is 2.19. The third kappa shape index (κ3) is 5.40. The fourth-order valence-electron chi connectivity index (χ4n) is 2.67. The molecular weight excluding hydrogens is 392 g/mol. The van der Waals surface area contributed by atoms with Gasteiger partial charge in [0.05, 0.1) is 7.11 Å². The van der Waals surface area contributed by atoms with Gasteiger partial charge in [0.1, 0.15) is 12.3 Å². The lowest BCUT2D eigenvalue weighted by atomic mass is 10.2. The molecule has 2 N–H and O–H groups in total. The summed E-state index contributed by atoms with van der Waals surface area (Å²) in [5, 5.41) is 5.14. The van der Waals surface area contributed by atoms with Gasteiger partial charge in [0.15, 0.2) is 17.6 Å². The van der Waals surface area contributed by atoms with Crippen molar-refractivity contribution in [2.75, 3.05) is 20.4 Å². The lowest BCUT2D eigenvalue weighted by molar-refractivity contribution is -0.153. The number of esters is 1. The maximum atomic E-state index is 12.2. The Morgan fingerprint density at radius 2 is 1.77 bits per heavy atom. The number of methoxy groups -OCH3 is 1. The van der Waals surface area contributed by atoms with Crippen molar-refractivity contribution >= 4 is 17.8 Å². The molecule has 9 heteroatoms. The topological polar surface area (TPSA) is 112 Å². The summed E-state index contributed by atoms with van der Waals surface area (Å²) < 4.78 is 20.6. The molecule has 0 aromatic heterocycles. The molecule has 30 heavy (non-hydrogen) atoms. The molecule has 0 saturated heterocycles. The van der Waals surface area contributed by atoms with Crippen LogP contribution in [0.3, 0.4) is 0 Å². The molecule has 0 fully saturated rings. The van der Waals surface area contributed by atoms with Crippen LogP contribution < -0.4 is 24.8 Å². The minimum atomic E-state index is -1.01. The van der Waals surface area contributed by atoms with Crippen LogP contribution in [0.2, 0.25) is 0 Å². The fraction of sp³-hybridized carbons (Fsp3) is 0.286. The smallest absolute Gasteiger partial charge is 0.326 e. The molecule has 9 nitrogen and oxygen atoms in total. The van der Waals surface area contributed by atoms with E-state index in [0.29, 0.717) is 22.8 Å². The van der Waals surface area contributed by atoms with Gasteiger partial charge < -0.3 is 29.6 Å². The Kier molecular flexibility index (Phi) is 6.74. The van der Waals surface area contributed by atoms with Gasteiger partial charge in [0, 0.05) is 12.1 Å². The predicted molar refractivity (Wildman–Crippen MR) is 105 cm³/mol. The maximum absolute atomic E-state index is 12.2. The molecule has 1 atom stereocenters. The molecule has 1 aliphatic rings. The number of nitrogens with one attached hydrogen (secondary N) is 2. The quantitative estimate of drug-likeness (QED) is 0.628. The van der Waals surface area contributed by atoms with Crippen LogP contribution in [0.1, 0.15) is 22.8 Å². The first-order valence-electron chi connectivity index (χ1n) is 9.24. The van der Waals surface area contributed by atoms with Crippen molar-refractivity contribution in [2.24, 2.45) is 0 Å². The zero-order chi connectivity index (χ0) is 21.5. The van der Waals surface area contributed by atoms with Gasteiger partial charge in [-0.1, -0.05) is 6.07 Å². The number of hydrogen-bond donors (Lipinski definition) is 2. The molecule has 0 unspecified atom stereocenters. The molecule has 1 heterocycles. The molecule has 0 radical (unpaired) electrons. The zero-order valence-corrected chi connectivity index (χ0v) is 16.6. The zero-order valence-electron chi connectivity index (χ0n) is 16.6. The number of carbonyl (C=O) groups is 3. The first kappa shape index (κ1) is 21.0. The standard InChI is InChI=1S/C21H22N2O7/c1-13(20(25)22-10-14-3-8-17-18(9-14)29-12-28-17)30-19(24)11-23-21(26)15-4-6-16(27-2)7-5-15/h3-9,13H,10-12H2,1-2H3,(H,22,25)(H,23,26)/t13-/m0/s1. The van der Waals surface area contributed by atoms with Crippen LogP contribution in [0, 0.1) is 0 Å². The number of amides is 2. The summed E-state index contributed by atoms with van der Waals surface area (Å²) in [5.41, 5.74) is 1.19. The molecule has 0 bridgehead atoms. The van der Waals surface area contributed by atoms with Gasteiger partial charge >= 0.3 is 5.97 Å². The van der Waals surface area contributed by atoms with Gasteiger partial charge in [0.2, 0.25) is 6.79 Å². The molecule has 1 aliphatic heterocycles. The van der Waals surface area contributed by atoms with E-state index in [1.54, 1.807) is 42.5 Å². The van der Waals surface area contributed by atoms with E-state index in [1.807, 2.05) is 0 Å². The van der Waals surface area contributed by atoms with Gasteiger partial charge in [-0.2, -0.15) is 0 Å². The van der Waals surface area contributed by atoms with Crippen molar-refractivity contribution in [1.82, 2.24) is 10.6 Å². The molecule has 2 aromatic rings. The number of ether oxygens (including phenoxy) is 4. The molecule has 158 valence electrons. The predicted octanol–water partition coefficient (Wildman–Crippen LogP) is 1.40. The molecular formula is C21H22N2O7. The average molecular weight is 414 g/mol. The van der Waals surface area contributed by atoms with E-state index >= 15 is 0 Å². The van der Waals surface area contributed by atoms with Gasteiger partial charge in [0.25, 0.3) is 11.8 Å². The summed E-state index contributed by atoms with van der Waals surface area (Å²) in [7, 11) is 1.53. The van der Waals surface area contributed by atoms with E-state index < -0.39 is 23.9 Å². The molecule has 0 saturated carbocycles. The molecule has 2 amide bonds. The second kappa shape index (κ2) is 9.64. The second-order valence-corrected chi connectivity index (χ2v) is 6.45. The normalized spacial score (nSPS) is 12.6. The Bertz CT molecular complexity index is 927. The van der Waals surface area contributed by atoms with E-state index in [-0.39, 0.29) is 19.9 Å². The van der Waals surface area contributed by atoms with Crippen molar-refractivity contribution in [2.45, 2.75) is 19.6 Å². The fourth-order valence-corrected chi connectivity index (χ4v) is 2.67. The molecule has 2 aromatic carbocycles. The van der Waals surface area contributed by atoms with Gasteiger partial charge in [-0.15, -0.1) is 0 Å². The average Bonchev–Trinajstić information content (AvgIpc) is 3.23. The van der Waals surface area contributed by atoms with E-state index in [0.717, 1.165) is 5.56 Å². The van der Waals surface area contributed by atoms with Crippen LogP contribution in [-0.2, 0) is 20.9 Å². The van der Waals surface area contributed by atoms with Crippen LogP contribution in [-0.4, -0.2) is 44.3 Å². The van der Waals surface area contributed by atoms with Crippen molar-refractivity contribution in [3.8, 4) is 17.2 Å². The van der Waals surface area contributed by atoms with Gasteiger partial charge in [-0.25, -0.2) is 0 Å². The van der Waals surface area contributed by atoms with Crippen LogP contribution in [0.5, 0.6) is 17.2 Å². The number of benzene rings is 2. The highest BCUT2D eigenvalue weighted by Crippen LogP contribution is 2.32. The van der Waals surface area contributed by atoms with Crippen molar-refractivity contribution in [1.29, 1.82) is 0 Å².